The van der Waals surface area contributed by atoms with Crippen molar-refractivity contribution in [3.8, 4) is 0 Å². The molecule has 0 bridgehead atoms. The number of benzene rings is 3. The molecule has 1 atom stereocenters. The van der Waals surface area contributed by atoms with Gasteiger partial charge in [0.2, 0.25) is 11.8 Å². The molecule has 2 amide bonds. The summed E-state index contributed by atoms with van der Waals surface area (Å²) in [6, 6.07) is 20.4. The standard InChI is InChI=1S/C30H34Cl2N2O2/c1-20-11-12-23(15-21(20)2)18-28(35)34(19-24-13-14-25(31)26(32)16-24)27(29(36)33-30(3,4)5)17-22-9-7-6-8-10-22/h6-16,27H,17-19H2,1-5H3,(H,33,36). The number of aryl methyl sites for hydroxylation is 2. The molecule has 0 saturated carbocycles. The molecule has 1 N–H and O–H groups in total. The van der Waals surface area contributed by atoms with Gasteiger partial charge in [0.25, 0.3) is 0 Å². The van der Waals surface area contributed by atoms with Crippen molar-refractivity contribution in [2.24, 2.45) is 0 Å². The monoisotopic (exact) mass is 524 g/mol. The lowest BCUT2D eigenvalue weighted by Gasteiger charge is -2.34. The van der Waals surface area contributed by atoms with Gasteiger partial charge in [0, 0.05) is 18.5 Å². The highest BCUT2D eigenvalue weighted by molar-refractivity contribution is 6.42. The van der Waals surface area contributed by atoms with E-state index in [4.69, 9.17) is 23.2 Å². The van der Waals surface area contributed by atoms with Crippen LogP contribution in [-0.4, -0.2) is 28.3 Å². The van der Waals surface area contributed by atoms with E-state index in [1.165, 1.54) is 5.56 Å². The maximum atomic E-state index is 13.9. The van der Waals surface area contributed by atoms with E-state index < -0.39 is 11.6 Å². The zero-order valence-electron chi connectivity index (χ0n) is 21.6. The Hall–Kier alpha value is -2.82. The SMILES string of the molecule is Cc1ccc(CC(=O)N(Cc2ccc(Cl)c(Cl)c2)C(Cc2ccccc2)C(=O)NC(C)(C)C)cc1C. The molecule has 0 spiro atoms. The summed E-state index contributed by atoms with van der Waals surface area (Å²) in [6.45, 7) is 10.1. The summed E-state index contributed by atoms with van der Waals surface area (Å²) < 4.78 is 0. The molecule has 0 aliphatic rings. The number of rotatable bonds is 8. The van der Waals surface area contributed by atoms with Crippen molar-refractivity contribution >= 4 is 35.0 Å². The number of carbonyl (C=O) groups excluding carboxylic acids is 2. The lowest BCUT2D eigenvalue weighted by molar-refractivity contribution is -0.141. The molecule has 6 heteroatoms. The molecular formula is C30H34Cl2N2O2. The van der Waals surface area contributed by atoms with E-state index >= 15 is 0 Å². The van der Waals surface area contributed by atoms with Gasteiger partial charge < -0.3 is 10.2 Å². The minimum Gasteiger partial charge on any atom is -0.350 e. The first-order valence-electron chi connectivity index (χ1n) is 12.1. The highest BCUT2D eigenvalue weighted by Crippen LogP contribution is 2.25. The fourth-order valence-corrected chi connectivity index (χ4v) is 4.35. The smallest absolute Gasteiger partial charge is 0.243 e. The Morgan fingerprint density at radius 1 is 0.833 bits per heavy atom. The van der Waals surface area contributed by atoms with E-state index in [1.807, 2.05) is 89.2 Å². The Kier molecular flexibility index (Phi) is 9.21. The molecule has 0 aliphatic carbocycles. The van der Waals surface area contributed by atoms with Gasteiger partial charge in [-0.1, -0.05) is 77.8 Å². The van der Waals surface area contributed by atoms with Crippen LogP contribution in [0.2, 0.25) is 10.0 Å². The van der Waals surface area contributed by atoms with Crippen LogP contribution in [-0.2, 0) is 29.0 Å². The average molecular weight is 526 g/mol. The van der Waals surface area contributed by atoms with E-state index in [9.17, 15) is 9.59 Å². The molecule has 1 unspecified atom stereocenters. The summed E-state index contributed by atoms with van der Waals surface area (Å²) >= 11 is 12.4. The molecule has 3 aromatic rings. The molecule has 3 rings (SSSR count). The van der Waals surface area contributed by atoms with Crippen LogP contribution < -0.4 is 5.32 Å². The van der Waals surface area contributed by atoms with Crippen molar-refractivity contribution in [1.29, 1.82) is 0 Å². The van der Waals surface area contributed by atoms with Crippen molar-refractivity contribution < 1.29 is 9.59 Å². The molecule has 0 aromatic heterocycles. The van der Waals surface area contributed by atoms with Gasteiger partial charge in [-0.15, -0.1) is 0 Å². The van der Waals surface area contributed by atoms with Crippen LogP contribution in [0.4, 0.5) is 0 Å². The minimum atomic E-state index is -0.708. The summed E-state index contributed by atoms with van der Waals surface area (Å²) in [5.41, 5.74) is 4.55. The third-order valence-corrected chi connectivity index (χ3v) is 6.77. The molecule has 36 heavy (non-hydrogen) atoms. The third-order valence-electron chi connectivity index (χ3n) is 6.03. The van der Waals surface area contributed by atoms with Crippen LogP contribution in [0, 0.1) is 13.8 Å². The van der Waals surface area contributed by atoms with Crippen LogP contribution in [0.3, 0.4) is 0 Å². The second-order valence-corrected chi connectivity index (χ2v) is 11.1. The molecule has 0 radical (unpaired) electrons. The summed E-state index contributed by atoms with van der Waals surface area (Å²) in [5, 5.41) is 3.94. The lowest BCUT2D eigenvalue weighted by atomic mass is 9.99. The van der Waals surface area contributed by atoms with Crippen molar-refractivity contribution in [1.82, 2.24) is 10.2 Å². The van der Waals surface area contributed by atoms with Crippen molar-refractivity contribution in [2.45, 2.75) is 65.6 Å². The zero-order valence-corrected chi connectivity index (χ0v) is 23.1. The first-order chi connectivity index (χ1) is 16.9. The summed E-state index contributed by atoms with van der Waals surface area (Å²) in [6.07, 6.45) is 0.583. The van der Waals surface area contributed by atoms with Crippen LogP contribution in [0.5, 0.6) is 0 Å². The van der Waals surface area contributed by atoms with Crippen LogP contribution in [0.1, 0.15) is 48.6 Å². The van der Waals surface area contributed by atoms with E-state index in [1.54, 1.807) is 17.0 Å². The average Bonchev–Trinajstić information content (AvgIpc) is 2.80. The van der Waals surface area contributed by atoms with Crippen LogP contribution >= 0.6 is 23.2 Å². The molecule has 3 aromatic carbocycles. The summed E-state index contributed by atoms with van der Waals surface area (Å²) in [4.78, 5) is 29.1. The topological polar surface area (TPSA) is 49.4 Å². The van der Waals surface area contributed by atoms with E-state index in [0.717, 1.165) is 22.3 Å². The molecular weight excluding hydrogens is 491 g/mol. The van der Waals surface area contributed by atoms with Crippen LogP contribution in [0.15, 0.2) is 66.7 Å². The van der Waals surface area contributed by atoms with E-state index in [0.29, 0.717) is 16.5 Å². The Morgan fingerprint density at radius 3 is 2.11 bits per heavy atom. The second kappa shape index (κ2) is 11.9. The molecule has 0 heterocycles. The number of nitrogens with zero attached hydrogens (tertiary/aromatic N) is 1. The van der Waals surface area contributed by atoms with Gasteiger partial charge in [-0.3, -0.25) is 9.59 Å². The van der Waals surface area contributed by atoms with Gasteiger partial charge >= 0.3 is 0 Å². The van der Waals surface area contributed by atoms with Gasteiger partial charge in [-0.25, -0.2) is 0 Å². The van der Waals surface area contributed by atoms with E-state index in [-0.39, 0.29) is 24.8 Å². The molecule has 0 fully saturated rings. The predicted octanol–water partition coefficient (Wildman–Crippen LogP) is 6.71. The molecule has 4 nitrogen and oxygen atoms in total. The molecule has 0 saturated heterocycles. The largest absolute Gasteiger partial charge is 0.350 e. The fourth-order valence-electron chi connectivity index (χ4n) is 4.03. The number of amides is 2. The number of hydrogen-bond acceptors (Lipinski definition) is 2. The van der Waals surface area contributed by atoms with Crippen molar-refractivity contribution in [2.75, 3.05) is 0 Å². The van der Waals surface area contributed by atoms with Crippen molar-refractivity contribution in [3.63, 3.8) is 0 Å². The maximum Gasteiger partial charge on any atom is 0.243 e. The normalized spacial score (nSPS) is 12.2. The number of carbonyl (C=O) groups is 2. The highest BCUT2D eigenvalue weighted by atomic mass is 35.5. The zero-order chi connectivity index (χ0) is 26.5. The van der Waals surface area contributed by atoms with Gasteiger partial charge in [-0.05, 0) is 74.6 Å². The minimum absolute atomic E-state index is 0.130. The maximum absolute atomic E-state index is 13.9. The summed E-state index contributed by atoms with van der Waals surface area (Å²) in [7, 11) is 0. The second-order valence-electron chi connectivity index (χ2n) is 10.3. The lowest BCUT2D eigenvalue weighted by Crippen LogP contribution is -2.54. The first-order valence-corrected chi connectivity index (χ1v) is 12.8. The van der Waals surface area contributed by atoms with Gasteiger partial charge in [0.15, 0.2) is 0 Å². The predicted molar refractivity (Wildman–Crippen MR) is 148 cm³/mol. The van der Waals surface area contributed by atoms with Gasteiger partial charge in [0.1, 0.15) is 6.04 Å². The Bertz CT molecular complexity index is 1220. The van der Waals surface area contributed by atoms with Gasteiger partial charge in [-0.2, -0.15) is 0 Å². The summed E-state index contributed by atoms with van der Waals surface area (Å²) in [5.74, 6) is -0.325. The van der Waals surface area contributed by atoms with Gasteiger partial charge in [0.05, 0.1) is 16.5 Å². The first kappa shape index (κ1) is 27.8. The fraction of sp³-hybridized carbons (Fsp3) is 0.333. The molecule has 0 aliphatic heterocycles. The molecule has 190 valence electrons. The Balaban J connectivity index is 2.02. The number of hydrogen-bond donors (Lipinski definition) is 1. The Labute approximate surface area is 224 Å². The van der Waals surface area contributed by atoms with Crippen LogP contribution in [0.25, 0.3) is 0 Å². The number of halogens is 2. The van der Waals surface area contributed by atoms with E-state index in [2.05, 4.69) is 5.32 Å². The number of nitrogens with one attached hydrogen (secondary N) is 1. The Morgan fingerprint density at radius 2 is 1.50 bits per heavy atom. The highest BCUT2D eigenvalue weighted by Gasteiger charge is 2.32. The third kappa shape index (κ3) is 7.84. The quantitative estimate of drug-likeness (QED) is 0.356. The van der Waals surface area contributed by atoms with Crippen molar-refractivity contribution in [3.05, 3.63) is 105 Å².